The van der Waals surface area contributed by atoms with Crippen LogP contribution in [0.15, 0.2) is 18.6 Å². The van der Waals surface area contributed by atoms with E-state index in [2.05, 4.69) is 52.8 Å². The number of anilines is 3. The number of hydrogen-bond donors (Lipinski definition) is 1. The number of nitrogens with one attached hydrogen (secondary N) is 1. The third kappa shape index (κ3) is 3.02. The third-order valence-corrected chi connectivity index (χ3v) is 5.35. The van der Waals surface area contributed by atoms with E-state index in [1.165, 1.54) is 12.8 Å². The molecule has 140 valence electrons. The van der Waals surface area contributed by atoms with E-state index in [1.807, 2.05) is 0 Å². The predicted octanol–water partition coefficient (Wildman–Crippen LogP) is 1.38. The Bertz CT molecular complexity index is 939. The molecule has 0 aliphatic carbocycles. The molecule has 0 spiro atoms. The highest BCUT2D eigenvalue weighted by Gasteiger charge is 2.23. The highest BCUT2D eigenvalue weighted by atomic mass is 15.3. The van der Waals surface area contributed by atoms with Gasteiger partial charge >= 0.3 is 0 Å². The van der Waals surface area contributed by atoms with Gasteiger partial charge in [-0.15, -0.1) is 0 Å². The number of nitrogens with zero attached hydrogens (tertiary/aromatic N) is 8. The highest BCUT2D eigenvalue weighted by molar-refractivity contribution is 5.86. The predicted molar refractivity (Wildman–Crippen MR) is 104 cm³/mol. The van der Waals surface area contributed by atoms with Gasteiger partial charge in [-0.3, -0.25) is 5.10 Å². The first-order valence-corrected chi connectivity index (χ1v) is 9.52. The van der Waals surface area contributed by atoms with Gasteiger partial charge < -0.3 is 14.7 Å². The molecule has 2 fully saturated rings. The summed E-state index contributed by atoms with van der Waals surface area (Å²) in [4.78, 5) is 25.2. The molecule has 9 heteroatoms. The van der Waals surface area contributed by atoms with Crippen LogP contribution in [0.3, 0.4) is 0 Å². The molecule has 0 aromatic carbocycles. The van der Waals surface area contributed by atoms with E-state index in [1.54, 1.807) is 12.5 Å². The van der Waals surface area contributed by atoms with Gasteiger partial charge in [0.2, 0.25) is 5.95 Å². The molecule has 5 heterocycles. The number of aromatic amines is 1. The number of H-pyrrole nitrogens is 1. The first kappa shape index (κ1) is 16.2. The first-order chi connectivity index (χ1) is 13.3. The number of aromatic nitrogens is 6. The van der Waals surface area contributed by atoms with E-state index in [9.17, 15) is 0 Å². The number of piperazine rings is 1. The molecule has 0 atom stereocenters. The summed E-state index contributed by atoms with van der Waals surface area (Å²) in [5, 5.41) is 7.98. The van der Waals surface area contributed by atoms with Crippen molar-refractivity contribution in [1.82, 2.24) is 30.1 Å². The molecule has 2 aliphatic heterocycles. The van der Waals surface area contributed by atoms with Crippen molar-refractivity contribution in [3.8, 4) is 0 Å². The minimum atomic E-state index is 0.782. The minimum Gasteiger partial charge on any atom is -0.353 e. The molecule has 9 nitrogen and oxygen atoms in total. The topological polar surface area (TPSA) is 90.0 Å². The average Bonchev–Trinajstić information content (AvgIpc) is 3.39. The molecule has 0 radical (unpaired) electrons. The first-order valence-electron chi connectivity index (χ1n) is 9.52. The van der Waals surface area contributed by atoms with E-state index in [0.29, 0.717) is 0 Å². The van der Waals surface area contributed by atoms with E-state index in [4.69, 9.17) is 4.98 Å². The molecule has 5 rings (SSSR count). The van der Waals surface area contributed by atoms with E-state index >= 15 is 0 Å². The summed E-state index contributed by atoms with van der Waals surface area (Å²) < 4.78 is 0. The maximum atomic E-state index is 4.86. The summed E-state index contributed by atoms with van der Waals surface area (Å²) in [5.74, 6) is 2.85. The highest BCUT2D eigenvalue weighted by Crippen LogP contribution is 2.25. The van der Waals surface area contributed by atoms with Crippen molar-refractivity contribution < 1.29 is 0 Å². The van der Waals surface area contributed by atoms with Gasteiger partial charge in [-0.1, -0.05) is 0 Å². The summed E-state index contributed by atoms with van der Waals surface area (Å²) >= 11 is 0. The van der Waals surface area contributed by atoms with Crippen LogP contribution in [0.5, 0.6) is 0 Å². The molecule has 2 saturated heterocycles. The van der Waals surface area contributed by atoms with E-state index in [0.717, 1.165) is 73.6 Å². The average molecular weight is 365 g/mol. The van der Waals surface area contributed by atoms with Crippen molar-refractivity contribution in [2.75, 3.05) is 54.0 Å². The molecule has 0 saturated carbocycles. The fourth-order valence-corrected chi connectivity index (χ4v) is 3.91. The van der Waals surface area contributed by atoms with Gasteiger partial charge in [0.05, 0.1) is 11.6 Å². The fourth-order valence-electron chi connectivity index (χ4n) is 3.91. The van der Waals surface area contributed by atoms with E-state index in [-0.39, 0.29) is 0 Å². The Kier molecular flexibility index (Phi) is 3.99. The summed E-state index contributed by atoms with van der Waals surface area (Å²) in [6.45, 7) is 7.75. The summed E-state index contributed by atoms with van der Waals surface area (Å²) in [6, 6.07) is 2.09. The number of fused-ring (bicyclic) bond motifs is 1. The van der Waals surface area contributed by atoms with E-state index < -0.39 is 0 Å². The van der Waals surface area contributed by atoms with Crippen LogP contribution in [0.2, 0.25) is 0 Å². The largest absolute Gasteiger partial charge is 0.353 e. The second kappa shape index (κ2) is 6.64. The number of aryl methyl sites for hydroxylation is 1. The molecule has 0 amide bonds. The van der Waals surface area contributed by atoms with Gasteiger partial charge in [0.25, 0.3) is 0 Å². The van der Waals surface area contributed by atoms with Crippen molar-refractivity contribution in [2.24, 2.45) is 0 Å². The summed E-state index contributed by atoms with van der Waals surface area (Å²) in [6.07, 6.45) is 5.85. The second-order valence-electron chi connectivity index (χ2n) is 7.17. The van der Waals surface area contributed by atoms with Crippen LogP contribution in [0.1, 0.15) is 18.5 Å². The molecular formula is C18H23N9. The fraction of sp³-hybridized carbons (Fsp3) is 0.500. The Balaban J connectivity index is 1.34. The van der Waals surface area contributed by atoms with Crippen LogP contribution in [0.4, 0.5) is 17.6 Å². The van der Waals surface area contributed by atoms with Crippen LogP contribution < -0.4 is 14.7 Å². The molecule has 0 bridgehead atoms. The molecule has 1 N–H and O–H groups in total. The zero-order valence-corrected chi connectivity index (χ0v) is 15.5. The Labute approximate surface area is 157 Å². The monoisotopic (exact) mass is 365 g/mol. The molecule has 0 unspecified atom stereocenters. The van der Waals surface area contributed by atoms with Crippen molar-refractivity contribution >= 4 is 28.6 Å². The van der Waals surface area contributed by atoms with Gasteiger partial charge in [-0.05, 0) is 19.8 Å². The summed E-state index contributed by atoms with van der Waals surface area (Å²) in [7, 11) is 0. The lowest BCUT2D eigenvalue weighted by atomic mass is 10.2. The standard InChI is InChI=1S/C18H23N9/c1-13-10-15(23-18(22-13)27-4-2-3-5-27)25-6-8-26(9-7-25)17-14-11-21-24-16(14)19-12-20-17/h10-12H,2-9H2,1H3,(H,19,20,21,24). The maximum absolute atomic E-state index is 4.86. The van der Waals surface area contributed by atoms with Gasteiger partial charge in [-0.2, -0.15) is 10.1 Å². The molecule has 3 aromatic heterocycles. The third-order valence-electron chi connectivity index (χ3n) is 5.35. The van der Waals surface area contributed by atoms with Crippen molar-refractivity contribution in [3.05, 3.63) is 24.3 Å². The second-order valence-corrected chi connectivity index (χ2v) is 7.17. The Morgan fingerprint density at radius 2 is 1.67 bits per heavy atom. The molecule has 27 heavy (non-hydrogen) atoms. The SMILES string of the molecule is Cc1cc(N2CCN(c3ncnc4[nH]ncc34)CC2)nc(N2CCCC2)n1. The van der Waals surface area contributed by atoms with Crippen LogP contribution >= 0.6 is 0 Å². The zero-order valence-electron chi connectivity index (χ0n) is 15.5. The van der Waals surface area contributed by atoms with Crippen molar-refractivity contribution in [2.45, 2.75) is 19.8 Å². The Morgan fingerprint density at radius 3 is 2.48 bits per heavy atom. The van der Waals surface area contributed by atoms with Crippen molar-refractivity contribution in [1.29, 1.82) is 0 Å². The summed E-state index contributed by atoms with van der Waals surface area (Å²) in [5.41, 5.74) is 1.81. The quantitative estimate of drug-likeness (QED) is 0.744. The van der Waals surface area contributed by atoms with Crippen LogP contribution in [0.25, 0.3) is 11.0 Å². The lowest BCUT2D eigenvalue weighted by Gasteiger charge is -2.36. The van der Waals surface area contributed by atoms with Gasteiger partial charge in [0.15, 0.2) is 5.65 Å². The molecular weight excluding hydrogens is 342 g/mol. The van der Waals surface area contributed by atoms with Crippen LogP contribution in [-0.4, -0.2) is 69.4 Å². The van der Waals surface area contributed by atoms with Gasteiger partial charge in [0, 0.05) is 51.0 Å². The Hall–Kier alpha value is -2.97. The van der Waals surface area contributed by atoms with Gasteiger partial charge in [-0.25, -0.2) is 15.0 Å². The number of hydrogen-bond acceptors (Lipinski definition) is 8. The molecule has 3 aromatic rings. The maximum Gasteiger partial charge on any atom is 0.227 e. The smallest absolute Gasteiger partial charge is 0.227 e. The zero-order chi connectivity index (χ0) is 18.2. The molecule has 2 aliphatic rings. The van der Waals surface area contributed by atoms with Crippen LogP contribution in [-0.2, 0) is 0 Å². The lowest BCUT2D eigenvalue weighted by Crippen LogP contribution is -2.47. The van der Waals surface area contributed by atoms with Crippen molar-refractivity contribution in [3.63, 3.8) is 0 Å². The lowest BCUT2D eigenvalue weighted by molar-refractivity contribution is 0.641. The van der Waals surface area contributed by atoms with Crippen LogP contribution in [0, 0.1) is 6.92 Å². The normalized spacial score (nSPS) is 17.9. The Morgan fingerprint density at radius 1 is 0.889 bits per heavy atom. The van der Waals surface area contributed by atoms with Gasteiger partial charge in [0.1, 0.15) is 18.0 Å². The number of rotatable bonds is 3. The minimum absolute atomic E-state index is 0.782.